The zero-order valence-electron chi connectivity index (χ0n) is 37.3. The minimum absolute atomic E-state index is 0. The summed E-state index contributed by atoms with van der Waals surface area (Å²) in [7, 11) is 0. The van der Waals surface area contributed by atoms with E-state index < -0.39 is 23.5 Å². The van der Waals surface area contributed by atoms with E-state index in [0.29, 0.717) is 26.3 Å². The van der Waals surface area contributed by atoms with Crippen LogP contribution in [0.3, 0.4) is 0 Å². The molecule has 4 aromatic rings. The molecule has 9 aliphatic heterocycles. The number of halogens is 8. The number of anilines is 2. The lowest BCUT2D eigenvalue weighted by Gasteiger charge is -2.65. The Hall–Kier alpha value is -3.66. The van der Waals surface area contributed by atoms with Crippen molar-refractivity contribution in [2.24, 2.45) is 23.7 Å². The van der Waals surface area contributed by atoms with Gasteiger partial charge >= 0.3 is 12.4 Å². The van der Waals surface area contributed by atoms with Crippen LogP contribution in [0.15, 0.2) is 120 Å². The van der Waals surface area contributed by atoms with Gasteiger partial charge in [0.2, 0.25) is 0 Å². The van der Waals surface area contributed by atoms with Gasteiger partial charge in [0.25, 0.3) is 0 Å². The van der Waals surface area contributed by atoms with Crippen LogP contribution in [0.25, 0.3) is 0 Å². The second-order valence-electron chi connectivity index (χ2n) is 22.1. The highest BCUT2D eigenvalue weighted by Gasteiger charge is 2.81. The van der Waals surface area contributed by atoms with Gasteiger partial charge in [-0.2, -0.15) is 26.3 Å². The summed E-state index contributed by atoms with van der Waals surface area (Å²) in [5.41, 5.74) is 8.51. The molecule has 15 rings (SSSR count). The zero-order valence-corrected chi connectivity index (χ0v) is 40.5. The zero-order chi connectivity index (χ0) is 44.3. The van der Waals surface area contributed by atoms with Gasteiger partial charge in [-0.3, -0.25) is 0 Å². The molecular weight excluding hydrogens is 1010 g/mol. The molecular formula is C54H52Br2F6N4O2. The van der Waals surface area contributed by atoms with E-state index in [2.05, 4.69) is 70.5 Å². The lowest BCUT2D eigenvalue weighted by Crippen LogP contribution is -3.00. The van der Waals surface area contributed by atoms with Crippen molar-refractivity contribution in [2.45, 2.75) is 98.6 Å². The molecule has 0 N–H and O–H groups in total. The third kappa shape index (κ3) is 5.40. The second kappa shape index (κ2) is 14.5. The SMILES string of the molecule is FC(F)(F)c1ccc(C[N+]23CC[C@@]45c6ccccc6N6[C@@H]7OCC=C8C[N+]9(Cc%10ccc(C(F)(F)F)cc%10)CC[C@]%10%11c%12ccccc%12N([C@@H]%12OCC=C(C2)[C@H](C[C@@H]43)[C@@H]%12[C@H]65)[C@H]%10[C@H]7[C@H]8C[C@@H]%119)cc1.[Br-].[Br-]. The van der Waals surface area contributed by atoms with Crippen LogP contribution in [0.5, 0.6) is 0 Å². The first-order valence-electron chi connectivity index (χ1n) is 24.3. The summed E-state index contributed by atoms with van der Waals surface area (Å²) in [6.07, 6.45) is -0.433. The number of benzene rings is 4. The number of hydrogen-bond acceptors (Lipinski definition) is 4. The fraction of sp³-hybridized carbons (Fsp3) is 0.481. The van der Waals surface area contributed by atoms with Crippen LogP contribution in [-0.4, -0.2) is 85.0 Å². The Morgan fingerprint density at radius 2 is 0.941 bits per heavy atom. The van der Waals surface area contributed by atoms with Crippen molar-refractivity contribution in [3.05, 3.63) is 154 Å². The van der Waals surface area contributed by atoms with Gasteiger partial charge in [0.05, 0.1) is 60.3 Å². The monoisotopic (exact) mass is 1060 g/mol. The molecule has 0 amide bonds. The van der Waals surface area contributed by atoms with Crippen molar-refractivity contribution in [2.75, 3.05) is 49.2 Å². The number of nitrogens with zero attached hydrogens (tertiary/aromatic N) is 4. The normalized spacial score (nSPS) is 40.0. The summed E-state index contributed by atoms with van der Waals surface area (Å²) >= 11 is 0. The van der Waals surface area contributed by atoms with Gasteiger partial charge in [0.1, 0.15) is 50.7 Å². The predicted molar refractivity (Wildman–Crippen MR) is 235 cm³/mol. The molecule has 68 heavy (non-hydrogen) atoms. The van der Waals surface area contributed by atoms with Crippen LogP contribution in [0.4, 0.5) is 37.7 Å². The Labute approximate surface area is 413 Å². The second-order valence-corrected chi connectivity index (χ2v) is 22.1. The number of alkyl halides is 6. The Bertz CT molecular complexity index is 2620. The molecule has 2 saturated carbocycles. The van der Waals surface area contributed by atoms with Crippen molar-refractivity contribution in [3.63, 3.8) is 0 Å². The molecule has 356 valence electrons. The first-order chi connectivity index (χ1) is 31.8. The molecule has 0 radical (unpaired) electrons. The van der Waals surface area contributed by atoms with Crippen molar-refractivity contribution >= 4 is 11.4 Å². The molecule has 2 spiro atoms. The first kappa shape index (κ1) is 44.3. The van der Waals surface area contributed by atoms with Gasteiger partial charge in [-0.15, -0.1) is 0 Å². The minimum Gasteiger partial charge on any atom is -1.00 e. The Morgan fingerprint density at radius 1 is 0.544 bits per heavy atom. The fourth-order valence-electron chi connectivity index (χ4n) is 18.2. The van der Waals surface area contributed by atoms with Gasteiger partial charge in [-0.1, -0.05) is 72.8 Å². The van der Waals surface area contributed by atoms with E-state index in [1.54, 1.807) is 24.3 Å². The van der Waals surface area contributed by atoms with Crippen LogP contribution >= 0.6 is 0 Å². The van der Waals surface area contributed by atoms with Crippen LogP contribution in [0.2, 0.25) is 0 Å². The highest BCUT2D eigenvalue weighted by Crippen LogP contribution is 2.73. The molecule has 4 bridgehead atoms. The van der Waals surface area contributed by atoms with Crippen molar-refractivity contribution < 1.29 is 78.7 Å². The molecule has 9 heterocycles. The summed E-state index contributed by atoms with van der Waals surface area (Å²) in [5, 5.41) is 0. The quantitative estimate of drug-likeness (QED) is 0.177. The van der Waals surface area contributed by atoms with Gasteiger partial charge in [0, 0.05) is 71.9 Å². The highest BCUT2D eigenvalue weighted by atomic mass is 79.9. The third-order valence-electron chi connectivity index (χ3n) is 20.0. The first-order valence-corrected chi connectivity index (χ1v) is 24.3. The summed E-state index contributed by atoms with van der Waals surface area (Å²) in [6, 6.07) is 30.9. The van der Waals surface area contributed by atoms with Crippen molar-refractivity contribution in [1.29, 1.82) is 0 Å². The molecule has 5 saturated heterocycles. The Kier molecular flexibility index (Phi) is 9.44. The molecule has 2 aliphatic carbocycles. The number of rotatable bonds is 4. The maximum Gasteiger partial charge on any atom is 0.416 e. The van der Waals surface area contributed by atoms with E-state index in [9.17, 15) is 26.3 Å². The maximum absolute atomic E-state index is 13.8. The topological polar surface area (TPSA) is 24.9 Å². The number of fused-ring (bicyclic) bond motifs is 6. The molecule has 11 aliphatic rings. The van der Waals surface area contributed by atoms with Crippen molar-refractivity contribution in [1.82, 2.24) is 0 Å². The maximum atomic E-state index is 13.8. The van der Waals surface area contributed by atoms with Crippen molar-refractivity contribution in [3.8, 4) is 0 Å². The average molecular weight is 1060 g/mol. The predicted octanol–water partition coefficient (Wildman–Crippen LogP) is 3.74. The molecule has 4 aromatic carbocycles. The number of ether oxygens (including phenoxy) is 2. The molecule has 14 heteroatoms. The van der Waals surface area contributed by atoms with Gasteiger partial charge in [-0.05, 0) is 58.7 Å². The largest absolute Gasteiger partial charge is 1.00 e. The molecule has 7 fully saturated rings. The van der Waals surface area contributed by atoms with E-state index in [1.807, 2.05) is 0 Å². The average Bonchev–Trinajstić information content (AvgIpc) is 3.92. The van der Waals surface area contributed by atoms with E-state index in [4.69, 9.17) is 9.47 Å². The lowest BCUT2D eigenvalue weighted by molar-refractivity contribution is -0.955. The number of piperidine rings is 2. The fourth-order valence-corrected chi connectivity index (χ4v) is 18.2. The molecule has 0 aromatic heterocycles. The number of para-hydroxylation sites is 2. The highest BCUT2D eigenvalue weighted by molar-refractivity contribution is 5.72. The Morgan fingerprint density at radius 3 is 1.34 bits per heavy atom. The smallest absolute Gasteiger partial charge is 0.416 e. The van der Waals surface area contributed by atoms with Gasteiger partial charge in [-0.25, -0.2) is 0 Å². The van der Waals surface area contributed by atoms with E-state index in [-0.39, 0.29) is 105 Å². The minimum atomic E-state index is -4.38. The number of hydrogen-bond donors (Lipinski definition) is 0. The standard InChI is InChI=1S/C54H52F6N4O2.2BrH/c55-53(56,57)35-13-9-31(10-14-35)27-63-21-19-51-39-5-1-3-7-41(39)61-47(51)45-37(25-43(51)63)33(29-63)18-24-66-50(45)62-42-8-4-2-6-40(42)52-20-22-64(28-32-11-15-36(16-12-32)54(58,59)60)30-34-17-23-65-49(61)46(48(52)62)38(34)26-44(52)64;;/h1-18,37-38,43-50H,19-30H2;2*1H/q+2;;/p-2/t37-,38-,43-,44-,45+,46+,47-,48-,49+,50+,51+,52+,63?,64?;;/m0../s1. The van der Waals surface area contributed by atoms with Gasteiger partial charge < -0.3 is 62.2 Å². The van der Waals surface area contributed by atoms with Crippen LogP contribution in [0.1, 0.15) is 59.1 Å². The summed E-state index contributed by atoms with van der Waals surface area (Å²) in [5.74, 6) is 0.754. The van der Waals surface area contributed by atoms with E-state index in [0.717, 1.165) is 72.0 Å². The van der Waals surface area contributed by atoms with Crippen LogP contribution in [-0.2, 0) is 45.7 Å². The van der Waals surface area contributed by atoms with Gasteiger partial charge in [0.15, 0.2) is 0 Å². The summed E-state index contributed by atoms with van der Waals surface area (Å²) < 4.78 is 99.6. The molecule has 14 atom stereocenters. The molecule has 6 nitrogen and oxygen atoms in total. The van der Waals surface area contributed by atoms with Crippen LogP contribution in [0, 0.1) is 23.7 Å². The summed E-state index contributed by atoms with van der Waals surface area (Å²) in [4.78, 5) is 5.62. The Balaban J connectivity index is 0.00000229. The summed E-state index contributed by atoms with van der Waals surface area (Å²) in [6.45, 7) is 6.02. The van der Waals surface area contributed by atoms with E-state index >= 15 is 0 Å². The third-order valence-corrected chi connectivity index (χ3v) is 20.0. The molecule has 2 unspecified atom stereocenters. The van der Waals surface area contributed by atoms with Crippen LogP contribution < -0.4 is 43.8 Å². The lowest BCUT2D eigenvalue weighted by atomic mass is 9.52. The van der Waals surface area contributed by atoms with E-state index in [1.165, 1.54) is 57.9 Å². The number of quaternary nitrogens is 2.